The lowest BCUT2D eigenvalue weighted by molar-refractivity contribution is -0.161. The Labute approximate surface area is 199 Å². The molecule has 5 fully saturated rings. The van der Waals surface area contributed by atoms with Crippen LogP contribution in [0, 0.1) is 56.7 Å². The minimum absolute atomic E-state index is 0.0888. The van der Waals surface area contributed by atoms with Crippen molar-refractivity contribution >= 4 is 0 Å². The lowest BCUT2D eigenvalue weighted by Crippen LogP contribution is -2.57. The third-order valence-electron chi connectivity index (χ3n) is 13.6. The fourth-order valence-corrected chi connectivity index (χ4v) is 11.2. The van der Waals surface area contributed by atoms with E-state index in [2.05, 4.69) is 55.0 Å². The van der Waals surface area contributed by atoms with Gasteiger partial charge < -0.3 is 5.11 Å². The zero-order chi connectivity index (χ0) is 23.3. The van der Waals surface area contributed by atoms with E-state index < -0.39 is 0 Å². The van der Waals surface area contributed by atoms with E-state index >= 15 is 0 Å². The van der Waals surface area contributed by atoms with E-state index in [4.69, 9.17) is 0 Å². The van der Waals surface area contributed by atoms with E-state index in [-0.39, 0.29) is 11.5 Å². The van der Waals surface area contributed by atoms with Gasteiger partial charge in [-0.2, -0.15) is 0 Å². The highest BCUT2D eigenvalue weighted by atomic mass is 16.3. The molecule has 2 spiro atoms. The van der Waals surface area contributed by atoms with Crippen molar-refractivity contribution in [1.82, 2.24) is 0 Å². The number of hydrogen-bond acceptors (Lipinski definition) is 1. The Morgan fingerprint density at radius 1 is 0.844 bits per heavy atom. The smallest absolute Gasteiger partial charge is 0.0594 e. The molecule has 1 N–H and O–H groups in total. The molecule has 0 bridgehead atoms. The fraction of sp³-hybridized carbons (Fsp3) is 0.935. The molecule has 0 amide bonds. The molecule has 0 aromatic carbocycles. The second-order valence-corrected chi connectivity index (χ2v) is 14.9. The Morgan fingerprint density at radius 3 is 2.19 bits per heavy atom. The van der Waals surface area contributed by atoms with Crippen molar-refractivity contribution in [3.63, 3.8) is 0 Å². The summed E-state index contributed by atoms with van der Waals surface area (Å²) in [6.45, 7) is 21.8. The number of hydrogen-bond donors (Lipinski definition) is 1. The van der Waals surface area contributed by atoms with Crippen molar-refractivity contribution in [3.8, 4) is 0 Å². The number of aliphatic hydroxyl groups excluding tert-OH is 1. The van der Waals surface area contributed by atoms with E-state index in [1.54, 1.807) is 0 Å². The molecule has 0 radical (unpaired) electrons. The predicted molar refractivity (Wildman–Crippen MR) is 135 cm³/mol. The molecule has 3 unspecified atom stereocenters. The van der Waals surface area contributed by atoms with Crippen LogP contribution in [0.3, 0.4) is 0 Å². The van der Waals surface area contributed by atoms with Crippen molar-refractivity contribution in [2.45, 2.75) is 125 Å². The van der Waals surface area contributed by atoms with Crippen LogP contribution in [0.5, 0.6) is 0 Å². The van der Waals surface area contributed by atoms with Crippen LogP contribution < -0.4 is 0 Å². The van der Waals surface area contributed by atoms with Crippen LogP contribution in [0.15, 0.2) is 12.2 Å². The lowest BCUT2D eigenvalue weighted by Gasteiger charge is -2.63. The van der Waals surface area contributed by atoms with E-state index in [0.717, 1.165) is 30.1 Å². The number of aliphatic hydroxyl groups is 1. The highest BCUT2D eigenvalue weighted by molar-refractivity contribution is 5.30. The second-order valence-electron chi connectivity index (χ2n) is 14.9. The summed E-state index contributed by atoms with van der Waals surface area (Å²) in [5.41, 5.74) is 3.79. The maximum Gasteiger partial charge on any atom is 0.0594 e. The van der Waals surface area contributed by atoms with Gasteiger partial charge in [0.2, 0.25) is 0 Å². The van der Waals surface area contributed by atoms with E-state index in [9.17, 15) is 5.11 Å². The summed E-state index contributed by atoms with van der Waals surface area (Å²) < 4.78 is 0. The first-order valence-electron chi connectivity index (χ1n) is 14.2. The topological polar surface area (TPSA) is 20.2 Å². The quantitative estimate of drug-likeness (QED) is 0.425. The van der Waals surface area contributed by atoms with E-state index in [1.807, 2.05) is 0 Å². The van der Waals surface area contributed by atoms with Gasteiger partial charge in [0.25, 0.3) is 0 Å². The molecule has 32 heavy (non-hydrogen) atoms. The van der Waals surface area contributed by atoms with Crippen LogP contribution in [0.1, 0.15) is 119 Å². The van der Waals surface area contributed by atoms with Gasteiger partial charge in [-0.1, -0.05) is 60.6 Å². The fourth-order valence-electron chi connectivity index (χ4n) is 11.2. The third-order valence-corrected chi connectivity index (χ3v) is 13.6. The van der Waals surface area contributed by atoms with Gasteiger partial charge in [0, 0.05) is 0 Å². The highest BCUT2D eigenvalue weighted by Gasteiger charge is 2.82. The second kappa shape index (κ2) is 7.11. The first-order valence-corrected chi connectivity index (χ1v) is 14.2. The Kier molecular flexibility index (Phi) is 5.21. The number of rotatable bonds is 5. The zero-order valence-electron chi connectivity index (χ0n) is 22.4. The maximum absolute atomic E-state index is 10.9. The first kappa shape index (κ1) is 23.4. The Balaban J connectivity index is 1.39. The molecule has 5 rings (SSSR count). The summed E-state index contributed by atoms with van der Waals surface area (Å²) in [6.07, 6.45) is 15.0. The van der Waals surface area contributed by atoms with Gasteiger partial charge in [0.1, 0.15) is 0 Å². The van der Waals surface area contributed by atoms with Crippen molar-refractivity contribution in [3.05, 3.63) is 12.2 Å². The average Bonchev–Trinajstić information content (AvgIpc) is 3.31. The molecule has 5 aliphatic carbocycles. The molecule has 5 aliphatic rings. The lowest BCUT2D eigenvalue weighted by atomic mass is 9.41. The molecule has 0 aromatic heterocycles. The molecule has 0 heterocycles. The largest absolute Gasteiger partial charge is 0.393 e. The molecule has 0 saturated heterocycles. The number of fused-ring (bicyclic) bond motifs is 2. The Morgan fingerprint density at radius 2 is 1.50 bits per heavy atom. The van der Waals surface area contributed by atoms with Gasteiger partial charge in [-0.25, -0.2) is 0 Å². The first-order chi connectivity index (χ1) is 14.9. The van der Waals surface area contributed by atoms with Crippen LogP contribution in [0.4, 0.5) is 0 Å². The minimum Gasteiger partial charge on any atom is -0.393 e. The zero-order valence-corrected chi connectivity index (χ0v) is 22.4. The molecule has 182 valence electrons. The van der Waals surface area contributed by atoms with Gasteiger partial charge in [-0.3, -0.25) is 0 Å². The monoisotopic (exact) mass is 440 g/mol. The summed E-state index contributed by atoms with van der Waals surface area (Å²) in [5, 5.41) is 10.9. The van der Waals surface area contributed by atoms with Crippen LogP contribution in [-0.4, -0.2) is 11.2 Å². The number of allylic oxidation sites excluding steroid dienone is 1. The van der Waals surface area contributed by atoms with Crippen molar-refractivity contribution in [2.24, 2.45) is 56.7 Å². The van der Waals surface area contributed by atoms with Crippen molar-refractivity contribution in [2.75, 3.05) is 0 Å². The Bertz CT molecular complexity index is 779. The van der Waals surface area contributed by atoms with Crippen LogP contribution in [-0.2, 0) is 0 Å². The summed E-state index contributed by atoms with van der Waals surface area (Å²) in [7, 11) is 0. The summed E-state index contributed by atoms with van der Waals surface area (Å²) in [5.74, 6) is 4.02. The van der Waals surface area contributed by atoms with Gasteiger partial charge in [0.15, 0.2) is 0 Å². The van der Waals surface area contributed by atoms with E-state index in [1.165, 1.54) is 69.8 Å². The molecule has 0 aliphatic heterocycles. The van der Waals surface area contributed by atoms with Gasteiger partial charge >= 0.3 is 0 Å². The molecule has 0 aromatic rings. The molecule has 1 nitrogen and oxygen atoms in total. The van der Waals surface area contributed by atoms with Crippen LogP contribution in [0.2, 0.25) is 0 Å². The van der Waals surface area contributed by atoms with Crippen LogP contribution in [0.25, 0.3) is 0 Å². The summed E-state index contributed by atoms with van der Waals surface area (Å²) in [6, 6.07) is 0. The standard InChI is InChI=1S/C31H52O/c1-20(2)21(3)9-10-22(4)23-13-15-29(8)25-12-11-24-27(5,6)26(32)14-16-30(24)19-31(25,30)18-17-28(23,29)7/h20,22-26,32H,3,9-19H2,1-2,4-8H3/t22-,23?,24?,25?,26+,28-,29+,30+,31+/m1/s1. The summed E-state index contributed by atoms with van der Waals surface area (Å²) >= 11 is 0. The third kappa shape index (κ3) is 2.73. The molecular weight excluding hydrogens is 388 g/mol. The average molecular weight is 441 g/mol. The van der Waals surface area contributed by atoms with E-state index in [0.29, 0.717) is 27.6 Å². The van der Waals surface area contributed by atoms with Crippen molar-refractivity contribution < 1.29 is 5.11 Å². The van der Waals surface area contributed by atoms with Crippen LogP contribution >= 0.6 is 0 Å². The van der Waals surface area contributed by atoms with Gasteiger partial charge in [-0.05, 0) is 127 Å². The Hall–Kier alpha value is -0.300. The van der Waals surface area contributed by atoms with Gasteiger partial charge in [-0.15, -0.1) is 0 Å². The highest BCUT2D eigenvalue weighted by Crippen LogP contribution is 2.89. The minimum atomic E-state index is -0.0888. The molecule has 5 saturated carbocycles. The normalized spacial score (nSPS) is 51.9. The SMILES string of the molecule is C=C(CC[C@@H](C)C1CC[C@@]2(C)C3CCC4C(C)(C)[C@@H](O)CC[C@]45C[C@@]35CC[C@]12C)C(C)C. The summed E-state index contributed by atoms with van der Waals surface area (Å²) in [4.78, 5) is 0. The van der Waals surface area contributed by atoms with Crippen molar-refractivity contribution in [1.29, 1.82) is 0 Å². The predicted octanol–water partition coefficient (Wildman–Crippen LogP) is 8.41. The molecular formula is C31H52O. The molecule has 9 atom stereocenters. The molecule has 1 heteroatoms. The van der Waals surface area contributed by atoms with Gasteiger partial charge in [0.05, 0.1) is 6.10 Å². The maximum atomic E-state index is 10.9.